The Morgan fingerprint density at radius 3 is 2.88 bits per heavy atom. The van der Waals surface area contributed by atoms with Crippen molar-refractivity contribution in [3.05, 3.63) is 58.6 Å². The number of hydrogen-bond acceptors (Lipinski definition) is 6. The van der Waals surface area contributed by atoms with E-state index in [1.807, 2.05) is 6.07 Å². The highest BCUT2D eigenvalue weighted by Crippen LogP contribution is 2.29. The fraction of sp³-hybridized carbons (Fsp3) is 0.0556. The van der Waals surface area contributed by atoms with Crippen LogP contribution in [0.4, 0.5) is 5.69 Å². The molecule has 1 aliphatic heterocycles. The van der Waals surface area contributed by atoms with E-state index in [4.69, 9.17) is 4.74 Å². The molecule has 130 valence electrons. The van der Waals surface area contributed by atoms with Gasteiger partial charge in [-0.15, -0.1) is 0 Å². The summed E-state index contributed by atoms with van der Waals surface area (Å²) in [5.41, 5.74) is 1.14. The van der Waals surface area contributed by atoms with Gasteiger partial charge in [-0.05, 0) is 42.0 Å². The number of hydrogen-bond donors (Lipinski definition) is 1. The van der Waals surface area contributed by atoms with Gasteiger partial charge >= 0.3 is 0 Å². The monoisotopic (exact) mass is 367 g/mol. The van der Waals surface area contributed by atoms with Crippen molar-refractivity contribution in [3.63, 3.8) is 0 Å². The Kier molecular flexibility index (Phi) is 4.56. The fourth-order valence-electron chi connectivity index (χ4n) is 2.42. The van der Waals surface area contributed by atoms with Crippen LogP contribution in [-0.2, 0) is 14.6 Å². The summed E-state index contributed by atoms with van der Waals surface area (Å²) in [5, 5.41) is 12.9. The summed E-state index contributed by atoms with van der Waals surface area (Å²) in [4.78, 5) is 16.5. The molecule has 0 fully saturated rings. The summed E-state index contributed by atoms with van der Waals surface area (Å²) >= 11 is 0. The van der Waals surface area contributed by atoms with Crippen LogP contribution in [0.2, 0.25) is 0 Å². The molecule has 2 heterocycles. The second kappa shape index (κ2) is 6.82. The number of benzene rings is 1. The first-order chi connectivity index (χ1) is 12.4. The number of methoxy groups -OCH3 is 1. The van der Waals surface area contributed by atoms with Crippen molar-refractivity contribution in [3.8, 4) is 11.9 Å². The van der Waals surface area contributed by atoms with E-state index in [9.17, 15) is 18.5 Å². The maximum atomic E-state index is 12.4. The van der Waals surface area contributed by atoms with Gasteiger partial charge in [0.2, 0.25) is 15.7 Å². The number of pyridine rings is 1. The molecule has 26 heavy (non-hydrogen) atoms. The molecule has 1 aliphatic rings. The fourth-order valence-corrected chi connectivity index (χ4v) is 3.65. The normalized spacial score (nSPS) is 14.4. The highest BCUT2D eigenvalue weighted by Gasteiger charge is 2.21. The molecule has 1 N–H and O–H groups in total. The van der Waals surface area contributed by atoms with E-state index in [0.717, 1.165) is 5.41 Å². The van der Waals surface area contributed by atoms with Crippen molar-refractivity contribution in [2.24, 2.45) is 0 Å². The number of rotatable bonds is 4. The van der Waals surface area contributed by atoms with E-state index in [0.29, 0.717) is 11.1 Å². The molecule has 0 aliphatic carbocycles. The van der Waals surface area contributed by atoms with E-state index in [2.05, 4.69) is 10.3 Å². The lowest BCUT2D eigenvalue weighted by atomic mass is 10.1. The Morgan fingerprint density at radius 2 is 2.15 bits per heavy atom. The lowest BCUT2D eigenvalue weighted by Crippen LogP contribution is -2.14. The third-order valence-electron chi connectivity index (χ3n) is 3.66. The van der Waals surface area contributed by atoms with Gasteiger partial charge in [0.25, 0.3) is 5.91 Å². The number of anilines is 1. The first-order valence-corrected chi connectivity index (χ1v) is 8.98. The number of nitriles is 1. The molecule has 7 nitrogen and oxygen atoms in total. The minimum absolute atomic E-state index is 0.117. The Hall–Kier alpha value is -3.44. The lowest BCUT2D eigenvalue weighted by molar-refractivity contribution is -0.112. The van der Waals surface area contributed by atoms with Crippen LogP contribution in [0, 0.1) is 11.3 Å². The summed E-state index contributed by atoms with van der Waals surface area (Å²) < 4.78 is 28.9. The zero-order valence-electron chi connectivity index (χ0n) is 13.6. The molecule has 1 aromatic carbocycles. The van der Waals surface area contributed by atoms with Crippen molar-refractivity contribution < 1.29 is 17.9 Å². The first kappa shape index (κ1) is 17.4. The molecule has 0 spiro atoms. The SMILES string of the molecule is COc1ncccc1C=C(C#N)C(=O)Nc1ccc2c(c1)S(=O)(=O)C=C2. The topological polar surface area (TPSA) is 109 Å². The van der Waals surface area contributed by atoms with Gasteiger partial charge < -0.3 is 10.1 Å². The van der Waals surface area contributed by atoms with E-state index in [-0.39, 0.29) is 22.0 Å². The van der Waals surface area contributed by atoms with Crippen LogP contribution in [0.15, 0.2) is 52.4 Å². The number of amides is 1. The van der Waals surface area contributed by atoms with Gasteiger partial charge in [0.1, 0.15) is 11.6 Å². The quantitative estimate of drug-likeness (QED) is 0.656. The van der Waals surface area contributed by atoms with Gasteiger partial charge in [0.05, 0.1) is 12.0 Å². The number of fused-ring (bicyclic) bond motifs is 1. The van der Waals surface area contributed by atoms with Gasteiger partial charge in [0.15, 0.2) is 0 Å². The van der Waals surface area contributed by atoms with Gasteiger partial charge in [0, 0.05) is 22.9 Å². The van der Waals surface area contributed by atoms with Crippen LogP contribution in [0.3, 0.4) is 0 Å². The highest BCUT2D eigenvalue weighted by atomic mass is 32.2. The van der Waals surface area contributed by atoms with Crippen molar-refractivity contribution in [2.75, 3.05) is 12.4 Å². The minimum Gasteiger partial charge on any atom is -0.481 e. The number of nitrogens with zero attached hydrogens (tertiary/aromatic N) is 2. The number of sulfone groups is 1. The smallest absolute Gasteiger partial charge is 0.266 e. The van der Waals surface area contributed by atoms with Crippen molar-refractivity contribution in [2.45, 2.75) is 4.90 Å². The highest BCUT2D eigenvalue weighted by molar-refractivity contribution is 7.94. The molecule has 8 heteroatoms. The first-order valence-electron chi connectivity index (χ1n) is 7.44. The zero-order chi connectivity index (χ0) is 18.7. The van der Waals surface area contributed by atoms with Crippen molar-refractivity contribution in [1.29, 1.82) is 5.26 Å². The molecular formula is C18H13N3O4S. The summed E-state index contributed by atoms with van der Waals surface area (Å²) in [5.74, 6) is -0.385. The maximum absolute atomic E-state index is 12.4. The van der Waals surface area contributed by atoms with Crippen LogP contribution in [0.25, 0.3) is 12.2 Å². The Balaban J connectivity index is 1.88. The Morgan fingerprint density at radius 1 is 1.35 bits per heavy atom. The number of carbonyl (C=O) groups is 1. The molecule has 1 aromatic heterocycles. The van der Waals surface area contributed by atoms with Crippen LogP contribution in [-0.4, -0.2) is 26.4 Å². The molecule has 0 bridgehead atoms. The summed E-state index contributed by atoms with van der Waals surface area (Å²) in [6.45, 7) is 0. The third kappa shape index (κ3) is 3.34. The molecule has 0 saturated heterocycles. The second-order valence-corrected chi connectivity index (χ2v) is 7.13. The molecule has 3 rings (SSSR count). The third-order valence-corrected chi connectivity index (χ3v) is 5.12. The molecule has 0 unspecified atom stereocenters. The minimum atomic E-state index is -3.48. The number of carbonyl (C=O) groups excluding carboxylic acids is 1. The van der Waals surface area contributed by atoms with E-state index in [1.54, 1.807) is 24.3 Å². The van der Waals surface area contributed by atoms with Crippen LogP contribution in [0.5, 0.6) is 5.88 Å². The number of ether oxygens (including phenoxy) is 1. The summed E-state index contributed by atoms with van der Waals surface area (Å²) in [7, 11) is -2.05. The summed E-state index contributed by atoms with van der Waals surface area (Å²) in [6.07, 6.45) is 4.37. The van der Waals surface area contributed by atoms with E-state index >= 15 is 0 Å². The average Bonchev–Trinajstić information content (AvgIpc) is 2.94. The molecule has 2 aromatic rings. The lowest BCUT2D eigenvalue weighted by Gasteiger charge is -2.07. The van der Waals surface area contributed by atoms with Crippen molar-refractivity contribution >= 4 is 33.6 Å². The van der Waals surface area contributed by atoms with Crippen LogP contribution >= 0.6 is 0 Å². The Labute approximate surface area is 150 Å². The van der Waals surface area contributed by atoms with Gasteiger partial charge in [-0.3, -0.25) is 4.79 Å². The predicted octanol–water partition coefficient (Wildman–Crippen LogP) is 2.39. The average molecular weight is 367 g/mol. The number of aromatic nitrogens is 1. The summed E-state index contributed by atoms with van der Waals surface area (Å²) in [6, 6.07) is 9.66. The second-order valence-electron chi connectivity index (χ2n) is 5.33. The zero-order valence-corrected chi connectivity index (χ0v) is 14.4. The Bertz CT molecular complexity index is 1100. The molecule has 0 radical (unpaired) electrons. The molecule has 0 atom stereocenters. The van der Waals surface area contributed by atoms with Crippen LogP contribution in [0.1, 0.15) is 11.1 Å². The number of nitrogens with one attached hydrogen (secondary N) is 1. The van der Waals surface area contributed by atoms with Gasteiger partial charge in [-0.25, -0.2) is 13.4 Å². The maximum Gasteiger partial charge on any atom is 0.266 e. The molecule has 1 amide bonds. The van der Waals surface area contributed by atoms with E-state index < -0.39 is 15.7 Å². The molecule has 0 saturated carbocycles. The van der Waals surface area contributed by atoms with Crippen LogP contribution < -0.4 is 10.1 Å². The van der Waals surface area contributed by atoms with E-state index in [1.165, 1.54) is 31.5 Å². The van der Waals surface area contributed by atoms with Gasteiger partial charge in [-0.2, -0.15) is 5.26 Å². The molecular weight excluding hydrogens is 354 g/mol. The predicted molar refractivity (Wildman–Crippen MR) is 95.7 cm³/mol. The largest absolute Gasteiger partial charge is 0.481 e. The van der Waals surface area contributed by atoms with Crippen molar-refractivity contribution in [1.82, 2.24) is 4.98 Å². The standard InChI is InChI=1S/C18H13N3O4S/c1-25-18-13(3-2-7-20-18)9-14(11-19)17(22)21-15-5-4-12-6-8-26(23,24)16(12)10-15/h2-10H,1H3,(H,21,22). The van der Waals surface area contributed by atoms with Gasteiger partial charge in [-0.1, -0.05) is 6.07 Å².